The molecule has 0 saturated carbocycles. The Morgan fingerprint density at radius 1 is 1.57 bits per heavy atom. The van der Waals surface area contributed by atoms with Crippen molar-refractivity contribution in [3.63, 3.8) is 0 Å². The Hall–Kier alpha value is -1.35. The lowest BCUT2D eigenvalue weighted by molar-refractivity contribution is -0.137. The molecule has 0 fully saturated rings. The molecule has 3 nitrogen and oxygen atoms in total. The van der Waals surface area contributed by atoms with Crippen molar-refractivity contribution >= 4 is 5.97 Å². The van der Waals surface area contributed by atoms with Crippen LogP contribution in [0.2, 0.25) is 0 Å². The van der Waals surface area contributed by atoms with Gasteiger partial charge in [-0.3, -0.25) is 4.79 Å². The summed E-state index contributed by atoms with van der Waals surface area (Å²) in [5, 5.41) is 8.59. The van der Waals surface area contributed by atoms with Crippen molar-refractivity contribution in [2.75, 3.05) is 0 Å². The van der Waals surface area contributed by atoms with Crippen LogP contribution in [0, 0.1) is 0 Å². The van der Waals surface area contributed by atoms with Crippen LogP contribution in [0.15, 0.2) is 24.3 Å². The number of aliphatic carboxylic acids is 1. The Balaban J connectivity index is 2.78. The van der Waals surface area contributed by atoms with E-state index in [2.05, 4.69) is 6.92 Å². The molecule has 0 unspecified atom stereocenters. The highest BCUT2D eigenvalue weighted by atomic mass is 16.4. The van der Waals surface area contributed by atoms with Crippen molar-refractivity contribution in [2.24, 2.45) is 5.73 Å². The van der Waals surface area contributed by atoms with Crippen LogP contribution in [0.1, 0.15) is 30.5 Å². The highest BCUT2D eigenvalue weighted by molar-refractivity contribution is 5.67. The van der Waals surface area contributed by atoms with E-state index in [9.17, 15) is 4.79 Å². The summed E-state index contributed by atoms with van der Waals surface area (Å²) in [5.41, 5.74) is 7.82. The molecular weight excluding hydrogens is 178 g/mol. The molecule has 0 spiro atoms. The van der Waals surface area contributed by atoms with Crippen molar-refractivity contribution in [1.82, 2.24) is 0 Å². The second-order valence-corrected chi connectivity index (χ2v) is 3.30. The number of nitrogens with two attached hydrogens (primary N) is 1. The molecular formula is C11H15NO2. The van der Waals surface area contributed by atoms with Crippen molar-refractivity contribution in [3.05, 3.63) is 35.4 Å². The molecule has 0 aliphatic carbocycles. The summed E-state index contributed by atoms with van der Waals surface area (Å²) in [6, 6.07) is 7.35. The van der Waals surface area contributed by atoms with Crippen molar-refractivity contribution in [2.45, 2.75) is 25.8 Å². The van der Waals surface area contributed by atoms with Gasteiger partial charge in [-0.05, 0) is 17.5 Å². The van der Waals surface area contributed by atoms with E-state index in [4.69, 9.17) is 10.8 Å². The van der Waals surface area contributed by atoms with E-state index < -0.39 is 12.0 Å². The van der Waals surface area contributed by atoms with Crippen LogP contribution in [0.25, 0.3) is 0 Å². The Bertz CT molecular complexity index is 323. The molecule has 0 aliphatic heterocycles. The van der Waals surface area contributed by atoms with E-state index in [1.165, 1.54) is 5.56 Å². The maximum Gasteiger partial charge on any atom is 0.305 e. The zero-order chi connectivity index (χ0) is 10.6. The molecule has 0 amide bonds. The van der Waals surface area contributed by atoms with E-state index in [1.54, 1.807) is 0 Å². The number of benzene rings is 1. The van der Waals surface area contributed by atoms with Crippen LogP contribution in [0.4, 0.5) is 0 Å². The molecule has 1 aromatic carbocycles. The normalized spacial score (nSPS) is 12.4. The third kappa shape index (κ3) is 2.85. The molecule has 76 valence electrons. The van der Waals surface area contributed by atoms with E-state index >= 15 is 0 Å². The maximum absolute atomic E-state index is 10.5. The van der Waals surface area contributed by atoms with E-state index in [1.807, 2.05) is 24.3 Å². The maximum atomic E-state index is 10.5. The quantitative estimate of drug-likeness (QED) is 0.765. The van der Waals surface area contributed by atoms with Crippen LogP contribution in [-0.4, -0.2) is 11.1 Å². The Morgan fingerprint density at radius 2 is 2.29 bits per heavy atom. The van der Waals surface area contributed by atoms with Gasteiger partial charge in [-0.1, -0.05) is 31.2 Å². The Morgan fingerprint density at radius 3 is 2.86 bits per heavy atom. The largest absolute Gasteiger partial charge is 0.481 e. The van der Waals surface area contributed by atoms with Gasteiger partial charge in [0.1, 0.15) is 0 Å². The molecule has 0 aromatic heterocycles. The van der Waals surface area contributed by atoms with Crippen LogP contribution >= 0.6 is 0 Å². The average molecular weight is 193 g/mol. The molecule has 3 heteroatoms. The molecule has 0 radical (unpaired) electrons. The Kier molecular flexibility index (Phi) is 3.65. The summed E-state index contributed by atoms with van der Waals surface area (Å²) in [6.45, 7) is 2.06. The third-order valence-corrected chi connectivity index (χ3v) is 2.18. The smallest absolute Gasteiger partial charge is 0.305 e. The first-order chi connectivity index (χ1) is 6.63. The second kappa shape index (κ2) is 4.77. The highest BCUT2D eigenvalue weighted by Gasteiger charge is 2.10. The van der Waals surface area contributed by atoms with E-state index in [-0.39, 0.29) is 6.42 Å². The van der Waals surface area contributed by atoms with Crippen LogP contribution in [0.5, 0.6) is 0 Å². The fourth-order valence-corrected chi connectivity index (χ4v) is 1.35. The molecule has 1 rings (SSSR count). The topological polar surface area (TPSA) is 63.3 Å². The van der Waals surface area contributed by atoms with Gasteiger partial charge in [0.2, 0.25) is 0 Å². The number of aryl methyl sites for hydroxylation is 1. The minimum absolute atomic E-state index is 0.0207. The van der Waals surface area contributed by atoms with Gasteiger partial charge in [-0.2, -0.15) is 0 Å². The minimum Gasteiger partial charge on any atom is -0.481 e. The van der Waals surface area contributed by atoms with Crippen molar-refractivity contribution in [1.29, 1.82) is 0 Å². The lowest BCUT2D eigenvalue weighted by atomic mass is 10.0. The zero-order valence-corrected chi connectivity index (χ0v) is 8.23. The predicted octanol–water partition coefficient (Wildman–Crippen LogP) is 1.72. The zero-order valence-electron chi connectivity index (χ0n) is 8.23. The molecule has 0 saturated heterocycles. The summed E-state index contributed by atoms with van der Waals surface area (Å²) < 4.78 is 0. The first-order valence-corrected chi connectivity index (χ1v) is 4.69. The second-order valence-electron chi connectivity index (χ2n) is 3.30. The molecule has 14 heavy (non-hydrogen) atoms. The molecule has 1 aromatic rings. The van der Waals surface area contributed by atoms with Gasteiger partial charge in [-0.15, -0.1) is 0 Å². The first-order valence-electron chi connectivity index (χ1n) is 4.69. The monoisotopic (exact) mass is 193 g/mol. The van der Waals surface area contributed by atoms with Crippen molar-refractivity contribution in [3.8, 4) is 0 Å². The van der Waals surface area contributed by atoms with Crippen LogP contribution in [0.3, 0.4) is 0 Å². The van der Waals surface area contributed by atoms with Gasteiger partial charge < -0.3 is 10.8 Å². The van der Waals surface area contributed by atoms with E-state index in [0.717, 1.165) is 12.0 Å². The predicted molar refractivity (Wildman–Crippen MR) is 55.0 cm³/mol. The fourth-order valence-electron chi connectivity index (χ4n) is 1.35. The fraction of sp³-hybridized carbons (Fsp3) is 0.364. The molecule has 0 heterocycles. The summed E-state index contributed by atoms with van der Waals surface area (Å²) in [7, 11) is 0. The number of carboxylic acid groups (broad SMARTS) is 1. The highest BCUT2D eigenvalue weighted by Crippen LogP contribution is 2.15. The Labute approximate surface area is 83.6 Å². The minimum atomic E-state index is -0.862. The standard InChI is InChI=1S/C11H15NO2/c1-2-8-4-3-5-9(6-8)10(12)7-11(13)14/h3-6,10H,2,7,12H2,1H3,(H,13,14)/t10-/m1/s1. The van der Waals surface area contributed by atoms with Crippen LogP contribution in [-0.2, 0) is 11.2 Å². The molecule has 1 atom stereocenters. The number of carbonyl (C=O) groups is 1. The lowest BCUT2D eigenvalue weighted by Crippen LogP contribution is -2.15. The van der Waals surface area contributed by atoms with Gasteiger partial charge in [0.05, 0.1) is 6.42 Å². The molecule has 3 N–H and O–H groups in total. The SMILES string of the molecule is CCc1cccc([C@H](N)CC(=O)O)c1. The van der Waals surface area contributed by atoms with Gasteiger partial charge in [-0.25, -0.2) is 0 Å². The van der Waals surface area contributed by atoms with Gasteiger partial charge >= 0.3 is 5.97 Å². The lowest BCUT2D eigenvalue weighted by Gasteiger charge is -2.10. The van der Waals surface area contributed by atoms with Gasteiger partial charge in [0.15, 0.2) is 0 Å². The van der Waals surface area contributed by atoms with Gasteiger partial charge in [0.25, 0.3) is 0 Å². The third-order valence-electron chi connectivity index (χ3n) is 2.18. The van der Waals surface area contributed by atoms with E-state index in [0.29, 0.717) is 0 Å². The van der Waals surface area contributed by atoms with Crippen LogP contribution < -0.4 is 5.73 Å². The summed E-state index contributed by atoms with van der Waals surface area (Å²) in [4.78, 5) is 10.5. The number of hydrogen-bond donors (Lipinski definition) is 2. The first kappa shape index (κ1) is 10.7. The van der Waals surface area contributed by atoms with Crippen molar-refractivity contribution < 1.29 is 9.90 Å². The average Bonchev–Trinajstić information content (AvgIpc) is 2.17. The van der Waals surface area contributed by atoms with Gasteiger partial charge in [0, 0.05) is 6.04 Å². The summed E-state index contributed by atoms with van der Waals surface area (Å²) in [6.07, 6.45) is 0.917. The number of rotatable bonds is 4. The number of carboxylic acids is 1. The summed E-state index contributed by atoms with van der Waals surface area (Å²) >= 11 is 0. The molecule has 0 aliphatic rings. The molecule has 0 bridgehead atoms. The number of hydrogen-bond acceptors (Lipinski definition) is 2. The summed E-state index contributed by atoms with van der Waals surface area (Å²) in [5.74, 6) is -0.862.